The summed E-state index contributed by atoms with van der Waals surface area (Å²) in [5, 5.41) is 12.8. The topological polar surface area (TPSA) is 67.4 Å². The van der Waals surface area contributed by atoms with Crippen molar-refractivity contribution in [2.75, 3.05) is 6.54 Å². The van der Waals surface area contributed by atoms with Crippen LogP contribution < -0.4 is 5.32 Å². The molecule has 1 unspecified atom stereocenters. The van der Waals surface area contributed by atoms with E-state index in [1.165, 1.54) is 0 Å². The van der Waals surface area contributed by atoms with E-state index in [2.05, 4.69) is 5.32 Å². The first-order valence-corrected chi connectivity index (χ1v) is 6.71. The summed E-state index contributed by atoms with van der Waals surface area (Å²) < 4.78 is 7.04. The van der Waals surface area contributed by atoms with Gasteiger partial charge in [0.1, 0.15) is 5.69 Å². The molecule has 21 heavy (non-hydrogen) atoms. The molecule has 0 aliphatic carbocycles. The molecule has 1 amide bonds. The third kappa shape index (κ3) is 2.55. The van der Waals surface area contributed by atoms with E-state index in [0.29, 0.717) is 11.3 Å². The normalized spacial score (nSPS) is 12.5. The number of furan rings is 1. The highest BCUT2D eigenvalue weighted by atomic mass is 16.3. The summed E-state index contributed by atoms with van der Waals surface area (Å²) >= 11 is 0. The first-order valence-electron chi connectivity index (χ1n) is 6.71. The Labute approximate surface area is 121 Å². The summed E-state index contributed by atoms with van der Waals surface area (Å²) in [4.78, 5) is 12.2. The van der Waals surface area contributed by atoms with Crippen molar-refractivity contribution in [2.24, 2.45) is 7.05 Å². The van der Waals surface area contributed by atoms with Crippen LogP contribution in [0.2, 0.25) is 0 Å². The highest BCUT2D eigenvalue weighted by Crippen LogP contribution is 2.19. The van der Waals surface area contributed by atoms with E-state index in [1.807, 2.05) is 36.4 Å². The molecule has 1 atom stereocenters. The number of rotatable bonds is 4. The third-order valence-corrected chi connectivity index (χ3v) is 3.54. The molecular weight excluding hydrogens is 268 g/mol. The summed E-state index contributed by atoms with van der Waals surface area (Å²) in [5.74, 6) is -0.237. The number of amides is 1. The van der Waals surface area contributed by atoms with Gasteiger partial charge in [-0.1, -0.05) is 30.3 Å². The number of hydrogen-bond donors (Lipinski definition) is 2. The number of nitrogens with one attached hydrogen (secondary N) is 1. The van der Waals surface area contributed by atoms with Crippen LogP contribution in [0, 0.1) is 0 Å². The van der Waals surface area contributed by atoms with E-state index in [-0.39, 0.29) is 12.5 Å². The number of aromatic nitrogens is 1. The van der Waals surface area contributed by atoms with E-state index < -0.39 is 6.10 Å². The van der Waals surface area contributed by atoms with Crippen LogP contribution in [-0.2, 0) is 7.05 Å². The number of carbonyl (C=O) groups is 1. The smallest absolute Gasteiger partial charge is 0.268 e. The first-order chi connectivity index (χ1) is 10.2. The van der Waals surface area contributed by atoms with Gasteiger partial charge in [0.15, 0.2) is 5.58 Å². The fourth-order valence-corrected chi connectivity index (χ4v) is 2.34. The zero-order valence-corrected chi connectivity index (χ0v) is 11.6. The summed E-state index contributed by atoms with van der Waals surface area (Å²) in [6.45, 7) is 0.162. The number of hydrogen-bond acceptors (Lipinski definition) is 3. The fraction of sp³-hybridized carbons (Fsp3) is 0.188. The van der Waals surface area contributed by atoms with E-state index in [1.54, 1.807) is 23.9 Å². The molecule has 0 saturated carbocycles. The van der Waals surface area contributed by atoms with E-state index in [9.17, 15) is 9.90 Å². The molecule has 0 saturated heterocycles. The van der Waals surface area contributed by atoms with Crippen molar-refractivity contribution < 1.29 is 14.3 Å². The maximum Gasteiger partial charge on any atom is 0.268 e. The predicted octanol–water partition coefficient (Wildman–Crippen LogP) is 2.23. The van der Waals surface area contributed by atoms with Gasteiger partial charge in [-0.05, 0) is 5.56 Å². The maximum atomic E-state index is 12.2. The Balaban J connectivity index is 1.69. The van der Waals surface area contributed by atoms with Gasteiger partial charge in [-0.15, -0.1) is 0 Å². The second-order valence-electron chi connectivity index (χ2n) is 4.90. The number of fused-ring (bicyclic) bond motifs is 1. The van der Waals surface area contributed by atoms with Gasteiger partial charge < -0.3 is 19.4 Å². The highest BCUT2D eigenvalue weighted by Gasteiger charge is 2.16. The van der Waals surface area contributed by atoms with Crippen molar-refractivity contribution in [3.8, 4) is 0 Å². The fourth-order valence-electron chi connectivity index (χ4n) is 2.34. The molecule has 3 aromatic rings. The van der Waals surface area contributed by atoms with Crippen molar-refractivity contribution in [3.05, 3.63) is 60.0 Å². The van der Waals surface area contributed by atoms with Gasteiger partial charge in [0.05, 0.1) is 17.9 Å². The maximum absolute atomic E-state index is 12.2. The van der Waals surface area contributed by atoms with Crippen LogP contribution in [0.1, 0.15) is 22.2 Å². The molecule has 5 heteroatoms. The minimum atomic E-state index is -0.724. The van der Waals surface area contributed by atoms with Crippen molar-refractivity contribution in [2.45, 2.75) is 6.10 Å². The summed E-state index contributed by atoms with van der Waals surface area (Å²) in [6.07, 6.45) is 0.865. The lowest BCUT2D eigenvalue weighted by Crippen LogP contribution is -2.29. The Kier molecular flexibility index (Phi) is 3.50. The zero-order chi connectivity index (χ0) is 14.8. The molecule has 0 spiro atoms. The van der Waals surface area contributed by atoms with Crippen molar-refractivity contribution >= 4 is 17.0 Å². The van der Waals surface area contributed by atoms with Gasteiger partial charge in [0, 0.05) is 25.7 Å². The number of aliphatic hydroxyl groups excluding tert-OH is 1. The molecule has 2 heterocycles. The largest absolute Gasteiger partial charge is 0.463 e. The number of nitrogens with zero attached hydrogens (tertiary/aromatic N) is 1. The quantitative estimate of drug-likeness (QED) is 0.772. The van der Waals surface area contributed by atoms with E-state index >= 15 is 0 Å². The average molecular weight is 284 g/mol. The van der Waals surface area contributed by atoms with Crippen LogP contribution in [0.3, 0.4) is 0 Å². The monoisotopic (exact) mass is 284 g/mol. The minimum Gasteiger partial charge on any atom is -0.463 e. The molecule has 0 radical (unpaired) electrons. The SMILES string of the molecule is Cn1c(C(=O)NCC(O)c2ccccc2)cc2occc21. The molecule has 3 rings (SSSR count). The van der Waals surface area contributed by atoms with Crippen LogP contribution in [0.25, 0.3) is 11.1 Å². The van der Waals surface area contributed by atoms with Gasteiger partial charge in [0.2, 0.25) is 0 Å². The zero-order valence-electron chi connectivity index (χ0n) is 11.6. The standard InChI is InChI=1S/C16H16N2O3/c1-18-12-7-8-21-15(12)9-13(18)16(20)17-10-14(19)11-5-3-2-4-6-11/h2-9,14,19H,10H2,1H3,(H,17,20). The van der Waals surface area contributed by atoms with Gasteiger partial charge in [0.25, 0.3) is 5.91 Å². The molecular formula is C16H16N2O3. The number of aryl methyl sites for hydroxylation is 1. The Morgan fingerprint density at radius 2 is 2.10 bits per heavy atom. The lowest BCUT2D eigenvalue weighted by molar-refractivity contribution is 0.0908. The molecule has 2 aromatic heterocycles. The highest BCUT2D eigenvalue weighted by molar-refractivity contribution is 5.97. The van der Waals surface area contributed by atoms with Gasteiger partial charge >= 0.3 is 0 Å². The van der Waals surface area contributed by atoms with Crippen molar-refractivity contribution in [1.29, 1.82) is 0 Å². The van der Waals surface area contributed by atoms with Gasteiger partial charge in [-0.25, -0.2) is 0 Å². The Hall–Kier alpha value is -2.53. The molecule has 5 nitrogen and oxygen atoms in total. The van der Waals surface area contributed by atoms with Crippen LogP contribution in [0.5, 0.6) is 0 Å². The lowest BCUT2D eigenvalue weighted by atomic mass is 10.1. The predicted molar refractivity (Wildman–Crippen MR) is 78.9 cm³/mol. The molecule has 2 N–H and O–H groups in total. The average Bonchev–Trinajstić information content (AvgIpc) is 3.09. The van der Waals surface area contributed by atoms with E-state index in [4.69, 9.17) is 4.42 Å². The lowest BCUT2D eigenvalue weighted by Gasteiger charge is -2.12. The van der Waals surface area contributed by atoms with Crippen molar-refractivity contribution in [3.63, 3.8) is 0 Å². The van der Waals surface area contributed by atoms with Crippen LogP contribution in [0.4, 0.5) is 0 Å². The van der Waals surface area contributed by atoms with Crippen LogP contribution in [0.15, 0.2) is 53.1 Å². The molecule has 0 bridgehead atoms. The van der Waals surface area contributed by atoms with E-state index in [0.717, 1.165) is 11.1 Å². The minimum absolute atomic E-state index is 0.162. The molecule has 1 aromatic carbocycles. The van der Waals surface area contributed by atoms with Crippen molar-refractivity contribution in [1.82, 2.24) is 9.88 Å². The van der Waals surface area contributed by atoms with Gasteiger partial charge in [-0.3, -0.25) is 4.79 Å². The Morgan fingerprint density at radius 1 is 1.33 bits per heavy atom. The number of benzene rings is 1. The van der Waals surface area contributed by atoms with Gasteiger partial charge in [-0.2, -0.15) is 0 Å². The number of carbonyl (C=O) groups excluding carboxylic acids is 1. The molecule has 0 aliphatic rings. The Morgan fingerprint density at radius 3 is 2.81 bits per heavy atom. The summed E-state index contributed by atoms with van der Waals surface area (Å²) in [6, 6.07) is 12.7. The molecule has 0 aliphatic heterocycles. The second-order valence-corrected chi connectivity index (χ2v) is 4.90. The molecule has 0 fully saturated rings. The van der Waals surface area contributed by atoms with Crippen LogP contribution >= 0.6 is 0 Å². The Bertz CT molecular complexity index is 758. The summed E-state index contributed by atoms with van der Waals surface area (Å²) in [7, 11) is 1.81. The third-order valence-electron chi connectivity index (χ3n) is 3.54. The summed E-state index contributed by atoms with van der Waals surface area (Å²) in [5.41, 5.74) is 2.82. The second kappa shape index (κ2) is 5.46. The van der Waals surface area contributed by atoms with Crippen LogP contribution in [-0.4, -0.2) is 22.1 Å². The molecule has 108 valence electrons. The first kappa shape index (κ1) is 13.5. The number of aliphatic hydroxyl groups is 1.